The molecule has 1 aromatic heterocycles. The number of nitrogens with two attached hydrogens (primary N) is 1. The minimum absolute atomic E-state index is 0.218. The van der Waals surface area contributed by atoms with E-state index in [2.05, 4.69) is 4.98 Å². The number of nitrogens with one attached hydrogen (secondary N) is 1. The molecule has 1 aliphatic rings. The molecule has 1 aromatic carbocycles. The number of hydrogen-bond donors (Lipinski definition) is 4. The zero-order valence-electron chi connectivity index (χ0n) is 14.8. The van der Waals surface area contributed by atoms with E-state index in [-0.39, 0.29) is 6.42 Å². The number of nitrogens with zero attached hydrogens (tertiary/aromatic N) is 1. The molecule has 10 heteroatoms. The maximum atomic E-state index is 12.4. The zero-order chi connectivity index (χ0) is 20.3. The molecule has 0 bridgehead atoms. The predicted molar refractivity (Wildman–Crippen MR) is 96.3 cm³/mol. The number of aliphatic hydroxyl groups excluding tert-OH is 2. The highest BCUT2D eigenvalue weighted by molar-refractivity contribution is 5.76. The van der Waals surface area contributed by atoms with Gasteiger partial charge in [0.1, 0.15) is 18.2 Å². The van der Waals surface area contributed by atoms with Crippen molar-refractivity contribution in [2.75, 3.05) is 6.61 Å². The SMILES string of the molecule is N[C@@H](Cc1ccccc1)C(=O)O[C@@H]1[C@H](O)[C@@H](CO)O[C@H]1n1ccc(=O)[nH]c1=O. The van der Waals surface area contributed by atoms with E-state index in [9.17, 15) is 24.6 Å². The fourth-order valence-electron chi connectivity index (χ4n) is 3.02. The van der Waals surface area contributed by atoms with Crippen LogP contribution < -0.4 is 17.0 Å². The summed E-state index contributed by atoms with van der Waals surface area (Å²) < 4.78 is 11.8. The molecule has 5 N–H and O–H groups in total. The predicted octanol–water partition coefficient (Wildman–Crippen LogP) is -1.73. The second kappa shape index (κ2) is 8.48. The fourth-order valence-corrected chi connectivity index (χ4v) is 3.02. The van der Waals surface area contributed by atoms with Crippen LogP contribution >= 0.6 is 0 Å². The van der Waals surface area contributed by atoms with E-state index in [4.69, 9.17) is 15.2 Å². The van der Waals surface area contributed by atoms with Crippen LogP contribution in [0.2, 0.25) is 0 Å². The Labute approximate surface area is 159 Å². The molecule has 0 saturated carbocycles. The maximum Gasteiger partial charge on any atom is 0.330 e. The molecule has 0 radical (unpaired) electrons. The van der Waals surface area contributed by atoms with Gasteiger partial charge in [-0.05, 0) is 12.0 Å². The molecule has 2 heterocycles. The fraction of sp³-hybridized carbons (Fsp3) is 0.389. The van der Waals surface area contributed by atoms with Crippen molar-refractivity contribution in [1.82, 2.24) is 9.55 Å². The molecule has 10 nitrogen and oxygen atoms in total. The Morgan fingerprint density at radius 1 is 1.29 bits per heavy atom. The monoisotopic (exact) mass is 391 g/mol. The highest BCUT2D eigenvalue weighted by Gasteiger charge is 2.47. The molecular weight excluding hydrogens is 370 g/mol. The van der Waals surface area contributed by atoms with Crippen molar-refractivity contribution in [3.63, 3.8) is 0 Å². The van der Waals surface area contributed by atoms with Gasteiger partial charge in [0.05, 0.1) is 6.61 Å². The number of H-pyrrole nitrogens is 1. The third-order valence-corrected chi connectivity index (χ3v) is 4.47. The first kappa shape index (κ1) is 20.0. The molecule has 1 fully saturated rings. The van der Waals surface area contributed by atoms with Gasteiger partial charge < -0.3 is 25.4 Å². The Hall–Kier alpha value is -2.79. The summed E-state index contributed by atoms with van der Waals surface area (Å²) in [6, 6.07) is 9.16. The summed E-state index contributed by atoms with van der Waals surface area (Å²) in [5.74, 6) is -0.794. The number of ether oxygens (including phenoxy) is 2. The van der Waals surface area contributed by atoms with Gasteiger partial charge in [-0.3, -0.25) is 19.1 Å². The topological polar surface area (TPSA) is 157 Å². The first-order chi connectivity index (χ1) is 13.4. The molecule has 0 unspecified atom stereocenters. The molecule has 0 amide bonds. The minimum Gasteiger partial charge on any atom is -0.453 e. The van der Waals surface area contributed by atoms with Crippen molar-refractivity contribution >= 4 is 5.97 Å². The number of hydrogen-bond acceptors (Lipinski definition) is 8. The summed E-state index contributed by atoms with van der Waals surface area (Å²) in [7, 11) is 0. The van der Waals surface area contributed by atoms with Gasteiger partial charge in [0.2, 0.25) is 0 Å². The minimum atomic E-state index is -1.39. The summed E-state index contributed by atoms with van der Waals surface area (Å²) in [5, 5.41) is 19.7. The molecule has 1 aliphatic heterocycles. The second-order valence-electron chi connectivity index (χ2n) is 6.45. The van der Waals surface area contributed by atoms with Crippen LogP contribution in [0.1, 0.15) is 11.8 Å². The van der Waals surface area contributed by atoms with Crippen molar-refractivity contribution < 1.29 is 24.5 Å². The summed E-state index contributed by atoms with van der Waals surface area (Å²) in [5.41, 5.74) is 5.32. The number of esters is 1. The lowest BCUT2D eigenvalue weighted by Gasteiger charge is -2.23. The van der Waals surface area contributed by atoms with Gasteiger partial charge in [0.25, 0.3) is 5.56 Å². The van der Waals surface area contributed by atoms with Gasteiger partial charge in [-0.2, -0.15) is 0 Å². The highest BCUT2D eigenvalue weighted by Crippen LogP contribution is 2.31. The number of rotatable bonds is 6. The van der Waals surface area contributed by atoms with Gasteiger partial charge in [-0.25, -0.2) is 4.79 Å². The quantitative estimate of drug-likeness (QED) is 0.423. The van der Waals surface area contributed by atoms with Crippen molar-refractivity contribution in [3.05, 3.63) is 69.0 Å². The van der Waals surface area contributed by atoms with Gasteiger partial charge in [0.15, 0.2) is 12.3 Å². The number of carbonyl (C=O) groups excluding carboxylic acids is 1. The molecule has 150 valence electrons. The summed E-state index contributed by atoms with van der Waals surface area (Å²) >= 11 is 0. The third kappa shape index (κ3) is 4.20. The molecular formula is C18H21N3O7. The first-order valence-electron chi connectivity index (χ1n) is 8.66. The van der Waals surface area contributed by atoms with E-state index in [1.807, 2.05) is 30.3 Å². The van der Waals surface area contributed by atoms with Crippen LogP contribution in [0.15, 0.2) is 52.2 Å². The van der Waals surface area contributed by atoms with Gasteiger partial charge in [0, 0.05) is 12.3 Å². The van der Waals surface area contributed by atoms with Crippen LogP contribution in [0.3, 0.4) is 0 Å². The Balaban J connectivity index is 1.79. The number of aromatic amines is 1. The lowest BCUT2D eigenvalue weighted by Crippen LogP contribution is -2.44. The number of aromatic nitrogens is 2. The highest BCUT2D eigenvalue weighted by atomic mass is 16.6. The largest absolute Gasteiger partial charge is 0.453 e. The average molecular weight is 391 g/mol. The van der Waals surface area contributed by atoms with Crippen molar-refractivity contribution in [3.8, 4) is 0 Å². The van der Waals surface area contributed by atoms with Crippen LogP contribution in [0.4, 0.5) is 0 Å². The van der Waals surface area contributed by atoms with E-state index in [0.29, 0.717) is 0 Å². The van der Waals surface area contributed by atoms with Gasteiger partial charge >= 0.3 is 11.7 Å². The third-order valence-electron chi connectivity index (χ3n) is 4.47. The molecule has 0 spiro atoms. The van der Waals surface area contributed by atoms with Crippen LogP contribution in [0.25, 0.3) is 0 Å². The molecule has 5 atom stereocenters. The van der Waals surface area contributed by atoms with E-state index in [1.165, 1.54) is 0 Å². The summed E-state index contributed by atoms with van der Waals surface area (Å²) in [6.07, 6.45) is -3.62. The lowest BCUT2D eigenvalue weighted by atomic mass is 10.1. The van der Waals surface area contributed by atoms with Crippen LogP contribution in [-0.4, -0.2) is 56.7 Å². The Morgan fingerprint density at radius 2 is 2.00 bits per heavy atom. The van der Waals surface area contributed by atoms with Crippen molar-refractivity contribution in [2.24, 2.45) is 5.73 Å². The van der Waals surface area contributed by atoms with E-state index in [1.54, 1.807) is 0 Å². The molecule has 28 heavy (non-hydrogen) atoms. The smallest absolute Gasteiger partial charge is 0.330 e. The van der Waals surface area contributed by atoms with Crippen LogP contribution in [0.5, 0.6) is 0 Å². The summed E-state index contributed by atoms with van der Waals surface area (Å²) in [6.45, 7) is -0.556. The molecule has 0 aliphatic carbocycles. The molecule has 1 saturated heterocycles. The van der Waals surface area contributed by atoms with E-state index in [0.717, 1.165) is 22.4 Å². The van der Waals surface area contributed by atoms with Crippen molar-refractivity contribution in [2.45, 2.75) is 37.0 Å². The normalized spacial score (nSPS) is 25.4. The maximum absolute atomic E-state index is 12.4. The Morgan fingerprint density at radius 3 is 2.64 bits per heavy atom. The Bertz CT molecular complexity index is 927. The first-order valence-corrected chi connectivity index (χ1v) is 8.66. The number of benzene rings is 1. The van der Waals surface area contributed by atoms with Crippen molar-refractivity contribution in [1.29, 1.82) is 0 Å². The van der Waals surface area contributed by atoms with E-state index < -0.39 is 54.4 Å². The van der Waals surface area contributed by atoms with E-state index >= 15 is 0 Å². The lowest BCUT2D eigenvalue weighted by molar-refractivity contribution is -0.160. The van der Waals surface area contributed by atoms with Crippen LogP contribution in [-0.2, 0) is 20.7 Å². The molecule has 2 aromatic rings. The van der Waals surface area contributed by atoms with Crippen LogP contribution in [0, 0.1) is 0 Å². The number of carbonyl (C=O) groups is 1. The molecule has 3 rings (SSSR count). The second-order valence-corrected chi connectivity index (χ2v) is 6.45. The number of aliphatic hydroxyl groups is 2. The zero-order valence-corrected chi connectivity index (χ0v) is 14.8. The summed E-state index contributed by atoms with van der Waals surface area (Å²) in [4.78, 5) is 37.8. The van der Waals surface area contributed by atoms with Gasteiger partial charge in [-0.1, -0.05) is 30.3 Å². The average Bonchev–Trinajstić information content (AvgIpc) is 2.98. The standard InChI is InChI=1S/C18H21N3O7/c19-11(8-10-4-2-1-3-5-10)17(25)28-15-14(24)12(9-22)27-16(15)21-7-6-13(23)20-18(21)26/h1-7,11-12,14-16,22,24H,8-9,19H2,(H,20,23,26)/t11-,12+,14+,15+,16+/m0/s1. The van der Waals surface area contributed by atoms with Gasteiger partial charge in [-0.15, -0.1) is 0 Å². The Kier molecular flexibility index (Phi) is 6.05.